The van der Waals surface area contributed by atoms with Crippen molar-refractivity contribution in [2.75, 3.05) is 10.6 Å². The number of hydrogen-bond acceptors (Lipinski definition) is 2. The van der Waals surface area contributed by atoms with Gasteiger partial charge in [-0.3, -0.25) is 4.79 Å². The summed E-state index contributed by atoms with van der Waals surface area (Å²) >= 11 is 0. The smallest absolute Gasteiger partial charge is 0.221 e. The van der Waals surface area contributed by atoms with E-state index in [1.807, 2.05) is 66.7 Å². The highest BCUT2D eigenvalue weighted by atomic mass is 16.1. The first-order chi connectivity index (χ1) is 11.2. The van der Waals surface area contributed by atoms with Gasteiger partial charge in [-0.1, -0.05) is 48.5 Å². The van der Waals surface area contributed by atoms with Gasteiger partial charge in [0.1, 0.15) is 0 Å². The average Bonchev–Trinajstić information content (AvgIpc) is 2.57. The van der Waals surface area contributed by atoms with Crippen LogP contribution in [0.15, 0.2) is 78.9 Å². The Labute approximate surface area is 136 Å². The summed E-state index contributed by atoms with van der Waals surface area (Å²) in [7, 11) is 0. The lowest BCUT2D eigenvalue weighted by molar-refractivity contribution is -0.114. The molecule has 0 saturated heterocycles. The summed E-state index contributed by atoms with van der Waals surface area (Å²) in [6, 6.07) is 26.0. The van der Waals surface area contributed by atoms with E-state index in [2.05, 4.69) is 22.8 Å². The van der Waals surface area contributed by atoms with Crippen LogP contribution in [0.5, 0.6) is 0 Å². The Balaban J connectivity index is 2.02. The normalized spacial score (nSPS) is 10.1. The maximum atomic E-state index is 11.3. The Hall–Kier alpha value is -3.07. The third-order valence-corrected chi connectivity index (χ3v) is 3.48. The summed E-state index contributed by atoms with van der Waals surface area (Å²) in [4.78, 5) is 11.3. The van der Waals surface area contributed by atoms with Crippen molar-refractivity contribution in [3.63, 3.8) is 0 Å². The van der Waals surface area contributed by atoms with Gasteiger partial charge in [0.15, 0.2) is 0 Å². The lowest BCUT2D eigenvalue weighted by Gasteiger charge is -2.14. The first kappa shape index (κ1) is 14.9. The van der Waals surface area contributed by atoms with Gasteiger partial charge in [0, 0.05) is 29.5 Å². The second-order valence-electron chi connectivity index (χ2n) is 5.30. The van der Waals surface area contributed by atoms with Crippen LogP contribution in [0, 0.1) is 0 Å². The quantitative estimate of drug-likeness (QED) is 0.707. The molecule has 1 amide bonds. The topological polar surface area (TPSA) is 41.1 Å². The van der Waals surface area contributed by atoms with E-state index in [9.17, 15) is 4.79 Å². The van der Waals surface area contributed by atoms with Crippen molar-refractivity contribution < 1.29 is 4.79 Å². The molecule has 3 aromatic rings. The Morgan fingerprint density at radius 1 is 0.783 bits per heavy atom. The number of para-hydroxylation sites is 1. The fourth-order valence-corrected chi connectivity index (χ4v) is 2.47. The second kappa shape index (κ2) is 6.79. The van der Waals surface area contributed by atoms with Gasteiger partial charge in [0.05, 0.1) is 0 Å². The van der Waals surface area contributed by atoms with Crippen LogP contribution in [0.3, 0.4) is 0 Å². The van der Waals surface area contributed by atoms with E-state index in [0.29, 0.717) is 0 Å². The molecule has 3 aromatic carbocycles. The van der Waals surface area contributed by atoms with Crippen LogP contribution in [-0.4, -0.2) is 5.91 Å². The predicted molar refractivity (Wildman–Crippen MR) is 95.9 cm³/mol. The molecule has 0 aromatic heterocycles. The average molecular weight is 302 g/mol. The maximum absolute atomic E-state index is 11.3. The number of hydrogen-bond donors (Lipinski definition) is 2. The number of amides is 1. The summed E-state index contributed by atoms with van der Waals surface area (Å²) in [5.74, 6) is -0.0761. The number of nitrogens with one attached hydrogen (secondary N) is 2. The van der Waals surface area contributed by atoms with Crippen molar-refractivity contribution in [2.24, 2.45) is 0 Å². The first-order valence-electron chi connectivity index (χ1n) is 7.51. The molecule has 0 fully saturated rings. The van der Waals surface area contributed by atoms with Gasteiger partial charge in [-0.25, -0.2) is 0 Å². The van der Waals surface area contributed by atoms with Gasteiger partial charge >= 0.3 is 0 Å². The summed E-state index contributed by atoms with van der Waals surface area (Å²) in [6.45, 7) is 1.51. The van der Waals surface area contributed by atoms with Gasteiger partial charge < -0.3 is 10.6 Å². The Morgan fingerprint density at radius 2 is 1.43 bits per heavy atom. The standard InChI is InChI=1S/C20H18N2O/c1-15(23)21-18-12-13-20(22-17-10-6-3-7-11-17)19(14-18)16-8-4-2-5-9-16/h2-14,22H,1H3,(H,21,23). The lowest BCUT2D eigenvalue weighted by atomic mass is 10.0. The molecule has 3 heteroatoms. The molecule has 114 valence electrons. The van der Waals surface area contributed by atoms with E-state index in [-0.39, 0.29) is 5.91 Å². The fraction of sp³-hybridized carbons (Fsp3) is 0.0500. The lowest BCUT2D eigenvalue weighted by Crippen LogP contribution is -2.06. The molecule has 0 saturated carbocycles. The molecule has 0 spiro atoms. The zero-order valence-electron chi connectivity index (χ0n) is 12.9. The minimum atomic E-state index is -0.0761. The summed E-state index contributed by atoms with van der Waals surface area (Å²) in [5.41, 5.74) is 4.95. The largest absolute Gasteiger partial charge is 0.355 e. The van der Waals surface area contributed by atoms with E-state index in [4.69, 9.17) is 0 Å². The molecule has 0 radical (unpaired) electrons. The van der Waals surface area contributed by atoms with Crippen LogP contribution in [0.25, 0.3) is 11.1 Å². The number of carbonyl (C=O) groups excluding carboxylic acids is 1. The summed E-state index contributed by atoms with van der Waals surface area (Å²) in [5, 5.41) is 6.28. The van der Waals surface area contributed by atoms with Crippen LogP contribution in [0.4, 0.5) is 17.1 Å². The molecule has 3 nitrogen and oxygen atoms in total. The van der Waals surface area contributed by atoms with Gasteiger partial charge in [-0.05, 0) is 35.9 Å². The molecular weight excluding hydrogens is 284 g/mol. The molecule has 0 heterocycles. The molecule has 0 aliphatic rings. The molecule has 2 N–H and O–H groups in total. The molecule has 0 atom stereocenters. The highest BCUT2D eigenvalue weighted by Crippen LogP contribution is 2.32. The van der Waals surface area contributed by atoms with Crippen LogP contribution in [0.1, 0.15) is 6.92 Å². The van der Waals surface area contributed by atoms with Crippen molar-refractivity contribution >= 4 is 23.0 Å². The molecular formula is C20H18N2O. The minimum absolute atomic E-state index is 0.0761. The van der Waals surface area contributed by atoms with E-state index in [0.717, 1.165) is 28.2 Å². The van der Waals surface area contributed by atoms with Crippen molar-refractivity contribution in [2.45, 2.75) is 6.92 Å². The highest BCUT2D eigenvalue weighted by Gasteiger charge is 2.07. The summed E-state index contributed by atoms with van der Waals surface area (Å²) in [6.07, 6.45) is 0. The van der Waals surface area contributed by atoms with Gasteiger partial charge in [-0.15, -0.1) is 0 Å². The van der Waals surface area contributed by atoms with E-state index >= 15 is 0 Å². The molecule has 0 aliphatic heterocycles. The molecule has 0 aliphatic carbocycles. The third-order valence-electron chi connectivity index (χ3n) is 3.48. The van der Waals surface area contributed by atoms with E-state index in [1.54, 1.807) is 0 Å². The Morgan fingerprint density at radius 3 is 2.09 bits per heavy atom. The van der Waals surface area contributed by atoms with Crippen molar-refractivity contribution in [1.82, 2.24) is 0 Å². The summed E-state index contributed by atoms with van der Waals surface area (Å²) < 4.78 is 0. The monoisotopic (exact) mass is 302 g/mol. The van der Waals surface area contributed by atoms with Crippen LogP contribution < -0.4 is 10.6 Å². The number of carbonyl (C=O) groups is 1. The van der Waals surface area contributed by atoms with Gasteiger partial charge in [-0.2, -0.15) is 0 Å². The van der Waals surface area contributed by atoms with Crippen LogP contribution >= 0.6 is 0 Å². The molecule has 0 bridgehead atoms. The number of benzene rings is 3. The van der Waals surface area contributed by atoms with Gasteiger partial charge in [0.25, 0.3) is 0 Å². The minimum Gasteiger partial charge on any atom is -0.355 e. The predicted octanol–water partition coefficient (Wildman–Crippen LogP) is 5.06. The van der Waals surface area contributed by atoms with Crippen LogP contribution in [-0.2, 0) is 4.79 Å². The molecule has 23 heavy (non-hydrogen) atoms. The maximum Gasteiger partial charge on any atom is 0.221 e. The van der Waals surface area contributed by atoms with E-state index < -0.39 is 0 Å². The van der Waals surface area contributed by atoms with Gasteiger partial charge in [0.2, 0.25) is 5.91 Å². The zero-order chi connectivity index (χ0) is 16.1. The van der Waals surface area contributed by atoms with Crippen molar-refractivity contribution in [3.05, 3.63) is 78.9 Å². The Kier molecular flexibility index (Phi) is 4.39. The van der Waals surface area contributed by atoms with Crippen LogP contribution in [0.2, 0.25) is 0 Å². The highest BCUT2D eigenvalue weighted by molar-refractivity contribution is 5.92. The number of anilines is 3. The number of rotatable bonds is 4. The fourth-order valence-electron chi connectivity index (χ4n) is 2.47. The van der Waals surface area contributed by atoms with Crippen molar-refractivity contribution in [1.29, 1.82) is 0 Å². The van der Waals surface area contributed by atoms with Crippen molar-refractivity contribution in [3.8, 4) is 11.1 Å². The molecule has 3 rings (SSSR count). The molecule has 0 unspecified atom stereocenters. The third kappa shape index (κ3) is 3.77. The zero-order valence-corrected chi connectivity index (χ0v) is 12.9. The second-order valence-corrected chi connectivity index (χ2v) is 5.30. The SMILES string of the molecule is CC(=O)Nc1ccc(Nc2ccccc2)c(-c2ccccc2)c1. The first-order valence-corrected chi connectivity index (χ1v) is 7.51. The Bertz CT molecular complexity index is 798. The van der Waals surface area contributed by atoms with E-state index in [1.165, 1.54) is 6.92 Å².